The minimum absolute atomic E-state index is 0.0567. The molecule has 1 aliphatic carbocycles. The van der Waals surface area contributed by atoms with Crippen LogP contribution >= 0.6 is 0 Å². The molecule has 0 aliphatic heterocycles. The third-order valence-corrected chi connectivity index (χ3v) is 3.01. The maximum absolute atomic E-state index is 11.4. The largest absolute Gasteiger partial charge is 0.491 e. The van der Waals surface area contributed by atoms with Gasteiger partial charge in [0.1, 0.15) is 5.75 Å². The number of rotatable bonds is 6. The van der Waals surface area contributed by atoms with Crippen LogP contribution in [0.2, 0.25) is 0 Å². The van der Waals surface area contributed by atoms with Gasteiger partial charge < -0.3 is 15.8 Å². The summed E-state index contributed by atoms with van der Waals surface area (Å²) in [7, 11) is 0. The number of amides is 1. The van der Waals surface area contributed by atoms with E-state index in [1.54, 1.807) is 0 Å². The molecular formula is C14H20N2O2. The molecule has 18 heavy (non-hydrogen) atoms. The van der Waals surface area contributed by atoms with Crippen LogP contribution in [-0.2, 0) is 11.2 Å². The molecular weight excluding hydrogens is 228 g/mol. The van der Waals surface area contributed by atoms with Gasteiger partial charge in [-0.2, -0.15) is 0 Å². The van der Waals surface area contributed by atoms with E-state index in [1.165, 1.54) is 5.56 Å². The predicted octanol–water partition coefficient (Wildman–Crippen LogP) is 1.88. The van der Waals surface area contributed by atoms with E-state index in [0.717, 1.165) is 19.3 Å². The Morgan fingerprint density at radius 3 is 2.89 bits per heavy atom. The SMILES string of the molecule is CCc1ccc(OCCC(=O)NC2CC2)c(N)c1. The average molecular weight is 248 g/mol. The number of carbonyl (C=O) groups is 1. The number of ether oxygens (including phenoxy) is 1. The van der Waals surface area contributed by atoms with Crippen molar-refractivity contribution in [2.24, 2.45) is 0 Å². The second-order valence-corrected chi connectivity index (χ2v) is 4.67. The molecule has 4 nitrogen and oxygen atoms in total. The highest BCUT2D eigenvalue weighted by Gasteiger charge is 2.22. The summed E-state index contributed by atoms with van der Waals surface area (Å²) in [4.78, 5) is 11.4. The minimum Gasteiger partial charge on any atom is -0.491 e. The third kappa shape index (κ3) is 3.65. The van der Waals surface area contributed by atoms with Gasteiger partial charge in [-0.05, 0) is 37.0 Å². The lowest BCUT2D eigenvalue weighted by atomic mass is 10.1. The Morgan fingerprint density at radius 1 is 1.50 bits per heavy atom. The van der Waals surface area contributed by atoms with Crippen LogP contribution in [0.3, 0.4) is 0 Å². The van der Waals surface area contributed by atoms with Crippen LogP contribution in [0.15, 0.2) is 18.2 Å². The highest BCUT2D eigenvalue weighted by atomic mass is 16.5. The highest BCUT2D eigenvalue weighted by Crippen LogP contribution is 2.23. The Hall–Kier alpha value is -1.71. The van der Waals surface area contributed by atoms with Gasteiger partial charge in [-0.3, -0.25) is 4.79 Å². The molecule has 0 radical (unpaired) electrons. The lowest BCUT2D eigenvalue weighted by Gasteiger charge is -2.10. The van der Waals surface area contributed by atoms with E-state index in [0.29, 0.717) is 30.5 Å². The summed E-state index contributed by atoms with van der Waals surface area (Å²) in [6.07, 6.45) is 3.55. The van der Waals surface area contributed by atoms with Crippen molar-refractivity contribution < 1.29 is 9.53 Å². The quantitative estimate of drug-likeness (QED) is 0.755. The summed E-state index contributed by atoms with van der Waals surface area (Å²) >= 11 is 0. The Bertz CT molecular complexity index is 428. The van der Waals surface area contributed by atoms with Crippen LogP contribution in [0.25, 0.3) is 0 Å². The average Bonchev–Trinajstić information content (AvgIpc) is 3.15. The maximum atomic E-state index is 11.4. The van der Waals surface area contributed by atoms with Gasteiger partial charge in [0.15, 0.2) is 0 Å². The predicted molar refractivity (Wildman–Crippen MR) is 71.5 cm³/mol. The van der Waals surface area contributed by atoms with Crippen molar-refractivity contribution in [2.45, 2.75) is 38.6 Å². The van der Waals surface area contributed by atoms with E-state index < -0.39 is 0 Å². The molecule has 1 saturated carbocycles. The van der Waals surface area contributed by atoms with Crippen molar-refractivity contribution in [1.29, 1.82) is 0 Å². The number of aryl methyl sites for hydroxylation is 1. The molecule has 1 fully saturated rings. The normalized spacial score (nSPS) is 14.3. The molecule has 1 aliphatic rings. The van der Waals surface area contributed by atoms with Crippen molar-refractivity contribution >= 4 is 11.6 Å². The fourth-order valence-corrected chi connectivity index (χ4v) is 1.73. The number of hydrogen-bond donors (Lipinski definition) is 2. The number of benzene rings is 1. The molecule has 3 N–H and O–H groups in total. The first-order valence-corrected chi connectivity index (χ1v) is 6.49. The second kappa shape index (κ2) is 5.76. The molecule has 0 aromatic heterocycles. The van der Waals surface area contributed by atoms with E-state index in [1.807, 2.05) is 18.2 Å². The zero-order valence-corrected chi connectivity index (χ0v) is 10.7. The number of hydrogen-bond acceptors (Lipinski definition) is 3. The van der Waals surface area contributed by atoms with E-state index in [4.69, 9.17) is 10.5 Å². The lowest BCUT2D eigenvalue weighted by molar-refractivity contribution is -0.121. The molecule has 0 spiro atoms. The first-order chi connectivity index (χ1) is 8.69. The van der Waals surface area contributed by atoms with E-state index >= 15 is 0 Å². The Kier molecular flexibility index (Phi) is 4.07. The fraction of sp³-hybridized carbons (Fsp3) is 0.500. The fourth-order valence-electron chi connectivity index (χ4n) is 1.73. The van der Waals surface area contributed by atoms with Gasteiger partial charge >= 0.3 is 0 Å². The van der Waals surface area contributed by atoms with Gasteiger partial charge in [0.05, 0.1) is 18.7 Å². The molecule has 0 heterocycles. The monoisotopic (exact) mass is 248 g/mol. The molecule has 4 heteroatoms. The lowest BCUT2D eigenvalue weighted by Crippen LogP contribution is -2.26. The van der Waals surface area contributed by atoms with Crippen LogP contribution in [0, 0.1) is 0 Å². The third-order valence-electron chi connectivity index (χ3n) is 3.01. The van der Waals surface area contributed by atoms with E-state index in [9.17, 15) is 4.79 Å². The first kappa shape index (κ1) is 12.7. The van der Waals surface area contributed by atoms with Gasteiger partial charge in [-0.15, -0.1) is 0 Å². The van der Waals surface area contributed by atoms with Crippen molar-refractivity contribution in [3.63, 3.8) is 0 Å². The summed E-state index contributed by atoms with van der Waals surface area (Å²) in [5.74, 6) is 0.715. The van der Waals surface area contributed by atoms with Crippen LogP contribution in [0.1, 0.15) is 31.7 Å². The van der Waals surface area contributed by atoms with Crippen molar-refractivity contribution in [3.8, 4) is 5.75 Å². The second-order valence-electron chi connectivity index (χ2n) is 4.67. The van der Waals surface area contributed by atoms with Crippen LogP contribution < -0.4 is 15.8 Å². The van der Waals surface area contributed by atoms with Crippen LogP contribution in [-0.4, -0.2) is 18.6 Å². The Morgan fingerprint density at radius 2 is 2.28 bits per heavy atom. The zero-order valence-electron chi connectivity index (χ0n) is 10.7. The summed E-state index contributed by atoms with van der Waals surface area (Å²) in [5, 5.41) is 2.92. The van der Waals surface area contributed by atoms with Crippen molar-refractivity contribution in [3.05, 3.63) is 23.8 Å². The number of nitrogens with one attached hydrogen (secondary N) is 1. The Balaban J connectivity index is 1.76. The number of carbonyl (C=O) groups excluding carboxylic acids is 1. The number of nitrogen functional groups attached to an aromatic ring is 1. The van der Waals surface area contributed by atoms with Gasteiger partial charge in [-0.1, -0.05) is 13.0 Å². The molecule has 1 aromatic carbocycles. The number of anilines is 1. The number of nitrogens with two attached hydrogens (primary N) is 1. The van der Waals surface area contributed by atoms with Gasteiger partial charge in [-0.25, -0.2) is 0 Å². The molecule has 1 aromatic rings. The molecule has 0 saturated heterocycles. The topological polar surface area (TPSA) is 64.3 Å². The zero-order chi connectivity index (χ0) is 13.0. The summed E-state index contributed by atoms with van der Waals surface area (Å²) in [5.41, 5.74) is 7.70. The highest BCUT2D eigenvalue weighted by molar-refractivity contribution is 5.76. The molecule has 0 unspecified atom stereocenters. The molecule has 0 bridgehead atoms. The van der Waals surface area contributed by atoms with Crippen LogP contribution in [0.4, 0.5) is 5.69 Å². The molecule has 1 amide bonds. The molecule has 2 rings (SSSR count). The maximum Gasteiger partial charge on any atom is 0.223 e. The van der Waals surface area contributed by atoms with Gasteiger partial charge in [0.25, 0.3) is 0 Å². The first-order valence-electron chi connectivity index (χ1n) is 6.49. The van der Waals surface area contributed by atoms with Crippen LogP contribution in [0.5, 0.6) is 5.75 Å². The van der Waals surface area contributed by atoms with E-state index in [-0.39, 0.29) is 5.91 Å². The Labute approximate surface area is 108 Å². The van der Waals surface area contributed by atoms with Gasteiger partial charge in [0.2, 0.25) is 5.91 Å². The van der Waals surface area contributed by atoms with Gasteiger partial charge in [0, 0.05) is 6.04 Å². The molecule has 98 valence electrons. The smallest absolute Gasteiger partial charge is 0.223 e. The van der Waals surface area contributed by atoms with Crippen molar-refractivity contribution in [1.82, 2.24) is 5.32 Å². The standard InChI is InChI=1S/C14H20N2O2/c1-2-10-3-6-13(12(15)9-10)18-8-7-14(17)16-11-4-5-11/h3,6,9,11H,2,4-5,7-8,15H2,1H3,(H,16,17). The molecule has 0 atom stereocenters. The summed E-state index contributed by atoms with van der Waals surface area (Å²) in [6.45, 7) is 2.45. The summed E-state index contributed by atoms with van der Waals surface area (Å²) in [6, 6.07) is 6.19. The van der Waals surface area contributed by atoms with E-state index in [2.05, 4.69) is 12.2 Å². The van der Waals surface area contributed by atoms with Crippen molar-refractivity contribution in [2.75, 3.05) is 12.3 Å². The summed E-state index contributed by atoms with van der Waals surface area (Å²) < 4.78 is 5.52. The minimum atomic E-state index is 0.0567.